The zero-order chi connectivity index (χ0) is 13.5. The molecule has 98 valence electrons. The van der Waals surface area contributed by atoms with Gasteiger partial charge < -0.3 is 15.4 Å². The zero-order valence-corrected chi connectivity index (χ0v) is 11.5. The van der Waals surface area contributed by atoms with Crippen molar-refractivity contribution < 1.29 is 9.53 Å². The summed E-state index contributed by atoms with van der Waals surface area (Å²) in [5, 5.41) is 0. The lowest BCUT2D eigenvalue weighted by atomic mass is 10.2. The van der Waals surface area contributed by atoms with Crippen LogP contribution in [-0.4, -0.2) is 31.7 Å². The number of nitrogens with zero attached hydrogens (tertiary/aromatic N) is 1. The van der Waals surface area contributed by atoms with Gasteiger partial charge in [0.25, 0.3) is 0 Å². The van der Waals surface area contributed by atoms with Gasteiger partial charge in [-0.3, -0.25) is 4.79 Å². The van der Waals surface area contributed by atoms with Crippen LogP contribution in [0.4, 0.5) is 5.69 Å². The van der Waals surface area contributed by atoms with E-state index in [-0.39, 0.29) is 5.91 Å². The number of rotatable bonds is 6. The molecule has 0 aliphatic carbocycles. The summed E-state index contributed by atoms with van der Waals surface area (Å²) in [6.07, 6.45) is 1.18. The Kier molecular flexibility index (Phi) is 5.74. The van der Waals surface area contributed by atoms with Gasteiger partial charge in [0.15, 0.2) is 0 Å². The molecular weight excluding hydrogens is 248 g/mol. The minimum absolute atomic E-state index is 0.0483. The number of ether oxygens (including phenoxy) is 1. The van der Waals surface area contributed by atoms with E-state index in [0.717, 1.165) is 11.3 Å². The average Bonchev–Trinajstić information content (AvgIpc) is 2.38. The van der Waals surface area contributed by atoms with Crippen LogP contribution in [0.5, 0.6) is 0 Å². The summed E-state index contributed by atoms with van der Waals surface area (Å²) in [7, 11) is 3.37. The number of thiocarbonyl (C=S) groups is 1. The van der Waals surface area contributed by atoms with Crippen LogP contribution in [0, 0.1) is 0 Å². The lowest BCUT2D eigenvalue weighted by Crippen LogP contribution is -2.26. The van der Waals surface area contributed by atoms with Crippen LogP contribution in [-0.2, 0) is 9.53 Å². The van der Waals surface area contributed by atoms with Gasteiger partial charge >= 0.3 is 0 Å². The molecule has 0 spiro atoms. The summed E-state index contributed by atoms with van der Waals surface area (Å²) in [6.45, 7) is 0.590. The molecule has 0 heterocycles. The van der Waals surface area contributed by atoms with Gasteiger partial charge in [-0.05, 0) is 18.6 Å². The highest BCUT2D eigenvalue weighted by atomic mass is 32.1. The molecule has 18 heavy (non-hydrogen) atoms. The lowest BCUT2D eigenvalue weighted by molar-refractivity contribution is -0.118. The molecule has 0 saturated heterocycles. The monoisotopic (exact) mass is 266 g/mol. The van der Waals surface area contributed by atoms with Crippen molar-refractivity contribution in [1.82, 2.24) is 0 Å². The SMILES string of the molecule is COCCCC(=O)N(C)c1cccc(C(N)=S)c1. The quantitative estimate of drug-likeness (QED) is 0.629. The summed E-state index contributed by atoms with van der Waals surface area (Å²) >= 11 is 4.92. The molecule has 2 N–H and O–H groups in total. The molecule has 4 nitrogen and oxygen atoms in total. The van der Waals surface area contributed by atoms with E-state index < -0.39 is 0 Å². The molecule has 0 aliphatic rings. The van der Waals surface area contributed by atoms with E-state index in [0.29, 0.717) is 24.4 Å². The van der Waals surface area contributed by atoms with Crippen molar-refractivity contribution in [2.24, 2.45) is 5.73 Å². The Morgan fingerprint density at radius 2 is 2.22 bits per heavy atom. The standard InChI is InChI=1S/C13H18N2O2S/c1-15(12(16)7-4-8-17-2)11-6-3-5-10(9-11)13(14)18/h3,5-6,9H,4,7-8H2,1-2H3,(H2,14,18). The maximum atomic E-state index is 11.9. The number of benzene rings is 1. The normalized spacial score (nSPS) is 10.1. The van der Waals surface area contributed by atoms with Gasteiger partial charge in [0.1, 0.15) is 4.99 Å². The molecule has 0 saturated carbocycles. The van der Waals surface area contributed by atoms with Gasteiger partial charge in [-0.2, -0.15) is 0 Å². The maximum Gasteiger partial charge on any atom is 0.226 e. The Balaban J connectivity index is 2.71. The molecule has 1 aromatic carbocycles. The van der Waals surface area contributed by atoms with Crippen molar-refractivity contribution in [3.63, 3.8) is 0 Å². The first-order chi connectivity index (χ1) is 8.56. The number of anilines is 1. The van der Waals surface area contributed by atoms with Gasteiger partial charge in [0.05, 0.1) is 0 Å². The average molecular weight is 266 g/mol. The number of carbonyl (C=O) groups excluding carboxylic acids is 1. The van der Waals surface area contributed by atoms with E-state index >= 15 is 0 Å². The third kappa shape index (κ3) is 4.09. The van der Waals surface area contributed by atoms with Crippen LogP contribution in [0.1, 0.15) is 18.4 Å². The molecular formula is C13H18N2O2S. The second-order valence-electron chi connectivity index (χ2n) is 3.96. The first-order valence-electron chi connectivity index (χ1n) is 5.71. The number of methoxy groups -OCH3 is 1. The van der Waals surface area contributed by atoms with Crippen molar-refractivity contribution in [1.29, 1.82) is 0 Å². The van der Waals surface area contributed by atoms with E-state index in [4.69, 9.17) is 22.7 Å². The highest BCUT2D eigenvalue weighted by molar-refractivity contribution is 7.80. The summed E-state index contributed by atoms with van der Waals surface area (Å²) < 4.78 is 4.92. The number of hydrogen-bond donors (Lipinski definition) is 1. The molecule has 0 unspecified atom stereocenters. The molecule has 1 rings (SSSR count). The first kappa shape index (κ1) is 14.6. The van der Waals surface area contributed by atoms with Gasteiger partial charge in [-0.25, -0.2) is 0 Å². The van der Waals surface area contributed by atoms with E-state index in [1.807, 2.05) is 24.3 Å². The van der Waals surface area contributed by atoms with Crippen LogP contribution < -0.4 is 10.6 Å². The van der Waals surface area contributed by atoms with Gasteiger partial charge in [-0.1, -0.05) is 24.4 Å². The van der Waals surface area contributed by atoms with Crippen molar-refractivity contribution in [3.8, 4) is 0 Å². The lowest BCUT2D eigenvalue weighted by Gasteiger charge is -2.18. The number of hydrogen-bond acceptors (Lipinski definition) is 3. The topological polar surface area (TPSA) is 55.6 Å². The van der Waals surface area contributed by atoms with Crippen LogP contribution >= 0.6 is 12.2 Å². The van der Waals surface area contributed by atoms with Gasteiger partial charge in [-0.15, -0.1) is 0 Å². The molecule has 0 radical (unpaired) electrons. The summed E-state index contributed by atoms with van der Waals surface area (Å²) in [4.78, 5) is 13.8. The third-order valence-corrected chi connectivity index (χ3v) is 2.87. The predicted octanol–water partition coefficient (Wildman–Crippen LogP) is 1.71. The van der Waals surface area contributed by atoms with Gasteiger partial charge in [0.2, 0.25) is 5.91 Å². The van der Waals surface area contributed by atoms with E-state index in [1.165, 1.54) is 0 Å². The molecule has 0 atom stereocenters. The molecule has 1 aromatic rings. The number of nitrogens with two attached hydrogens (primary N) is 1. The smallest absolute Gasteiger partial charge is 0.226 e. The second kappa shape index (κ2) is 7.08. The Morgan fingerprint density at radius 1 is 1.50 bits per heavy atom. The fourth-order valence-corrected chi connectivity index (χ4v) is 1.67. The van der Waals surface area contributed by atoms with Crippen LogP contribution in [0.15, 0.2) is 24.3 Å². The predicted molar refractivity (Wildman–Crippen MR) is 76.8 cm³/mol. The van der Waals surface area contributed by atoms with Crippen LogP contribution in [0.2, 0.25) is 0 Å². The Labute approximate surface area is 113 Å². The second-order valence-corrected chi connectivity index (χ2v) is 4.40. The summed E-state index contributed by atoms with van der Waals surface area (Å²) in [5.74, 6) is 0.0483. The van der Waals surface area contributed by atoms with Crippen molar-refractivity contribution in [3.05, 3.63) is 29.8 Å². The Morgan fingerprint density at radius 3 is 2.83 bits per heavy atom. The van der Waals surface area contributed by atoms with E-state index in [2.05, 4.69) is 0 Å². The minimum Gasteiger partial charge on any atom is -0.389 e. The molecule has 0 aliphatic heterocycles. The first-order valence-corrected chi connectivity index (χ1v) is 6.12. The largest absolute Gasteiger partial charge is 0.389 e. The molecule has 0 fully saturated rings. The zero-order valence-electron chi connectivity index (χ0n) is 10.7. The fourth-order valence-electron chi connectivity index (χ4n) is 1.55. The molecule has 0 bridgehead atoms. The Bertz CT molecular complexity index is 435. The highest BCUT2D eigenvalue weighted by Gasteiger charge is 2.11. The highest BCUT2D eigenvalue weighted by Crippen LogP contribution is 2.16. The van der Waals surface area contributed by atoms with Crippen LogP contribution in [0.3, 0.4) is 0 Å². The van der Waals surface area contributed by atoms with Crippen molar-refractivity contribution in [2.45, 2.75) is 12.8 Å². The summed E-state index contributed by atoms with van der Waals surface area (Å²) in [5.41, 5.74) is 7.13. The number of carbonyl (C=O) groups is 1. The van der Waals surface area contributed by atoms with Crippen molar-refractivity contribution >= 4 is 28.8 Å². The molecule has 1 amide bonds. The molecule has 0 aromatic heterocycles. The Hall–Kier alpha value is -1.46. The molecule has 5 heteroatoms. The van der Waals surface area contributed by atoms with Crippen LogP contribution in [0.25, 0.3) is 0 Å². The van der Waals surface area contributed by atoms with Crippen molar-refractivity contribution in [2.75, 3.05) is 25.7 Å². The number of amides is 1. The maximum absolute atomic E-state index is 11.9. The van der Waals surface area contributed by atoms with Gasteiger partial charge in [0, 0.05) is 38.4 Å². The summed E-state index contributed by atoms with van der Waals surface area (Å²) in [6, 6.07) is 7.34. The van der Waals surface area contributed by atoms with E-state index in [9.17, 15) is 4.79 Å². The third-order valence-electron chi connectivity index (χ3n) is 2.63. The minimum atomic E-state index is 0.0483. The fraction of sp³-hybridized carbons (Fsp3) is 0.385. The van der Waals surface area contributed by atoms with E-state index in [1.54, 1.807) is 19.1 Å².